The van der Waals surface area contributed by atoms with Crippen molar-refractivity contribution in [3.63, 3.8) is 0 Å². The quantitative estimate of drug-likeness (QED) is 0.536. The predicted molar refractivity (Wildman–Crippen MR) is 117 cm³/mol. The second kappa shape index (κ2) is 10.1. The number of carbonyl (C=O) groups excluding carboxylic acids is 4. The molecule has 2 aromatic carbocycles. The van der Waals surface area contributed by atoms with E-state index in [0.717, 1.165) is 0 Å². The van der Waals surface area contributed by atoms with E-state index in [2.05, 4.69) is 20.6 Å². The van der Waals surface area contributed by atoms with Crippen LogP contribution < -0.4 is 10.6 Å². The van der Waals surface area contributed by atoms with Crippen LogP contribution in [0.1, 0.15) is 11.1 Å². The highest BCUT2D eigenvalue weighted by atomic mass is 16.5. The highest BCUT2D eigenvalue weighted by Gasteiger charge is 2.24. The van der Waals surface area contributed by atoms with E-state index < -0.39 is 23.8 Å². The number of nitrogens with zero attached hydrogens (tertiary/aromatic N) is 2. The number of hydrogen-bond donors (Lipinski definition) is 2. The first-order valence-electron chi connectivity index (χ1n) is 9.53. The Morgan fingerprint density at radius 3 is 1.47 bits per heavy atom. The third-order valence-electron chi connectivity index (χ3n) is 4.46. The summed E-state index contributed by atoms with van der Waals surface area (Å²) < 4.78 is 9.63. The predicted octanol–water partition coefficient (Wildman–Crippen LogP) is 1.20. The Balaban J connectivity index is 2.15. The molecule has 0 aromatic heterocycles. The smallest absolute Gasteiger partial charge is 0.356 e. The van der Waals surface area contributed by atoms with Crippen molar-refractivity contribution in [2.24, 2.45) is 9.98 Å². The highest BCUT2D eigenvalue weighted by Crippen LogP contribution is 2.20. The third kappa shape index (κ3) is 4.86. The molecule has 0 saturated carbocycles. The Morgan fingerprint density at radius 1 is 0.719 bits per heavy atom. The van der Waals surface area contributed by atoms with Gasteiger partial charge < -0.3 is 20.1 Å². The minimum absolute atomic E-state index is 0.0434. The Hall–Kier alpha value is -4.34. The first-order valence-corrected chi connectivity index (χ1v) is 9.53. The van der Waals surface area contributed by atoms with Gasteiger partial charge in [0, 0.05) is 11.1 Å². The lowest BCUT2D eigenvalue weighted by Gasteiger charge is -2.15. The average molecular weight is 436 g/mol. The average Bonchev–Trinajstić information content (AvgIpc) is 2.81. The van der Waals surface area contributed by atoms with Crippen LogP contribution in [0.2, 0.25) is 0 Å². The SMILES string of the molecule is COC(=O)C1=NCCN=C(C(=O)OC)c2ccccc2NC(=O)C(=O)Nc2ccccc21. The third-order valence-corrected chi connectivity index (χ3v) is 4.46. The molecule has 10 heteroatoms. The van der Waals surface area contributed by atoms with Crippen molar-refractivity contribution in [2.45, 2.75) is 0 Å². The molecule has 0 spiro atoms. The van der Waals surface area contributed by atoms with Gasteiger partial charge in [0.15, 0.2) is 11.4 Å². The molecule has 1 aliphatic rings. The van der Waals surface area contributed by atoms with Crippen LogP contribution in [0.25, 0.3) is 0 Å². The Morgan fingerprint density at radius 2 is 1.09 bits per heavy atom. The number of fused-ring (bicyclic) bond motifs is 2. The molecule has 2 amide bonds. The molecule has 1 aliphatic heterocycles. The van der Waals surface area contributed by atoms with Gasteiger partial charge in [-0.2, -0.15) is 0 Å². The fourth-order valence-corrected chi connectivity index (χ4v) is 2.99. The van der Waals surface area contributed by atoms with E-state index in [1.807, 2.05) is 0 Å². The Bertz CT molecular complexity index is 1050. The number of ether oxygens (including phenoxy) is 2. The minimum atomic E-state index is -0.981. The fraction of sp³-hybridized carbons (Fsp3) is 0.182. The van der Waals surface area contributed by atoms with E-state index in [0.29, 0.717) is 0 Å². The zero-order valence-electron chi connectivity index (χ0n) is 17.4. The number of esters is 2. The molecule has 0 saturated heterocycles. The lowest BCUT2D eigenvalue weighted by atomic mass is 10.1. The standard InChI is InChI=1S/C22H20N4O6/c1-31-21(29)17-13-7-3-5-9-15(13)25-19(27)20(28)26-16-10-6-4-8-14(16)18(22(30)32-2)24-12-11-23-17/h3-10H,11-12H2,1-2H3,(H,25,27)(H,26,28). The number of methoxy groups -OCH3 is 2. The molecule has 0 atom stereocenters. The zero-order valence-corrected chi connectivity index (χ0v) is 17.4. The number of hydrogen-bond acceptors (Lipinski definition) is 8. The van der Waals surface area contributed by atoms with Crippen LogP contribution in [0.5, 0.6) is 0 Å². The van der Waals surface area contributed by atoms with Gasteiger partial charge in [-0.3, -0.25) is 19.6 Å². The normalized spacial score (nSPS) is 14.3. The lowest BCUT2D eigenvalue weighted by Crippen LogP contribution is -2.31. The van der Waals surface area contributed by atoms with E-state index in [1.165, 1.54) is 26.4 Å². The van der Waals surface area contributed by atoms with Crippen molar-refractivity contribution in [2.75, 3.05) is 37.9 Å². The molecule has 0 unspecified atom stereocenters. The van der Waals surface area contributed by atoms with Crippen LogP contribution in [-0.4, -0.2) is 62.5 Å². The maximum absolute atomic E-state index is 12.6. The van der Waals surface area contributed by atoms with Gasteiger partial charge in [-0.1, -0.05) is 36.4 Å². The zero-order chi connectivity index (χ0) is 23.1. The van der Waals surface area contributed by atoms with E-state index in [-0.39, 0.29) is 47.0 Å². The van der Waals surface area contributed by atoms with Gasteiger partial charge in [-0.25, -0.2) is 9.59 Å². The van der Waals surface area contributed by atoms with Crippen LogP contribution in [0.4, 0.5) is 11.4 Å². The van der Waals surface area contributed by atoms with E-state index in [9.17, 15) is 19.2 Å². The number of anilines is 2. The number of aliphatic imine (C=N–C) groups is 2. The second-order valence-electron chi connectivity index (χ2n) is 6.44. The van der Waals surface area contributed by atoms with Gasteiger partial charge in [0.25, 0.3) is 0 Å². The second-order valence-corrected chi connectivity index (χ2v) is 6.44. The summed E-state index contributed by atoms with van der Waals surface area (Å²) in [5.41, 5.74) is 0.847. The van der Waals surface area contributed by atoms with Crippen LogP contribution in [-0.2, 0) is 28.7 Å². The summed E-state index contributed by atoms with van der Waals surface area (Å²) in [5, 5.41) is 4.98. The summed E-state index contributed by atoms with van der Waals surface area (Å²) >= 11 is 0. The van der Waals surface area contributed by atoms with Crippen molar-refractivity contribution in [1.29, 1.82) is 0 Å². The molecule has 0 aliphatic carbocycles. The molecule has 3 rings (SSSR count). The van der Waals surface area contributed by atoms with Gasteiger partial charge in [0.05, 0.1) is 38.7 Å². The first-order chi connectivity index (χ1) is 15.5. The molecule has 10 nitrogen and oxygen atoms in total. The van der Waals surface area contributed by atoms with Crippen LogP contribution >= 0.6 is 0 Å². The molecule has 0 radical (unpaired) electrons. The van der Waals surface area contributed by atoms with Crippen molar-refractivity contribution in [3.05, 3.63) is 59.7 Å². The fourth-order valence-electron chi connectivity index (χ4n) is 2.99. The highest BCUT2D eigenvalue weighted by molar-refractivity contribution is 6.48. The maximum Gasteiger partial charge on any atom is 0.356 e. The molecule has 0 fully saturated rings. The number of amides is 2. The summed E-state index contributed by atoms with van der Waals surface area (Å²) in [4.78, 5) is 58.4. The topological polar surface area (TPSA) is 136 Å². The van der Waals surface area contributed by atoms with E-state index in [4.69, 9.17) is 9.47 Å². The van der Waals surface area contributed by atoms with Crippen LogP contribution in [0.3, 0.4) is 0 Å². The van der Waals surface area contributed by atoms with Crippen molar-refractivity contribution in [3.8, 4) is 0 Å². The van der Waals surface area contributed by atoms with E-state index >= 15 is 0 Å². The Kier molecular flexibility index (Phi) is 7.06. The van der Waals surface area contributed by atoms with Gasteiger partial charge >= 0.3 is 23.8 Å². The number of benzene rings is 2. The molecule has 0 bridgehead atoms. The molecule has 164 valence electrons. The van der Waals surface area contributed by atoms with E-state index in [1.54, 1.807) is 36.4 Å². The molecule has 2 aromatic rings. The summed E-state index contributed by atoms with van der Waals surface area (Å²) in [6.45, 7) is 0.0868. The summed E-state index contributed by atoms with van der Waals surface area (Å²) in [5.74, 6) is -3.42. The van der Waals surface area contributed by atoms with Crippen molar-refractivity contribution < 1.29 is 28.7 Å². The van der Waals surface area contributed by atoms with Crippen molar-refractivity contribution in [1.82, 2.24) is 0 Å². The molecule has 32 heavy (non-hydrogen) atoms. The monoisotopic (exact) mass is 436 g/mol. The molecular formula is C22H20N4O6. The van der Waals surface area contributed by atoms with Gasteiger partial charge in [-0.05, 0) is 12.1 Å². The number of carbonyl (C=O) groups is 4. The number of rotatable bonds is 2. The van der Waals surface area contributed by atoms with Crippen LogP contribution in [0, 0.1) is 0 Å². The van der Waals surface area contributed by atoms with Crippen LogP contribution in [0.15, 0.2) is 58.5 Å². The van der Waals surface area contributed by atoms with Gasteiger partial charge in [0.2, 0.25) is 0 Å². The summed E-state index contributed by atoms with van der Waals surface area (Å²) in [6, 6.07) is 12.8. The van der Waals surface area contributed by atoms with Crippen molar-refractivity contribution >= 4 is 46.6 Å². The van der Waals surface area contributed by atoms with Gasteiger partial charge in [-0.15, -0.1) is 0 Å². The molecule has 2 N–H and O–H groups in total. The molecule has 1 heterocycles. The maximum atomic E-state index is 12.6. The largest absolute Gasteiger partial charge is 0.464 e. The number of para-hydroxylation sites is 2. The molecular weight excluding hydrogens is 416 g/mol. The number of nitrogens with one attached hydrogen (secondary N) is 2. The minimum Gasteiger partial charge on any atom is -0.464 e. The van der Waals surface area contributed by atoms with Gasteiger partial charge in [0.1, 0.15) is 0 Å². The first kappa shape index (κ1) is 22.3. The summed E-state index contributed by atoms with van der Waals surface area (Å²) in [7, 11) is 2.41. The Labute approximate surface area is 183 Å². The lowest BCUT2D eigenvalue weighted by molar-refractivity contribution is -0.133. The summed E-state index contributed by atoms with van der Waals surface area (Å²) in [6.07, 6.45) is 0.